The fourth-order valence-corrected chi connectivity index (χ4v) is 3.58. The van der Waals surface area contributed by atoms with Crippen LogP contribution >= 0.6 is 0 Å². The molecule has 1 heterocycles. The summed E-state index contributed by atoms with van der Waals surface area (Å²) in [6.45, 7) is 5.71. The molecule has 168 valence electrons. The van der Waals surface area contributed by atoms with Crippen LogP contribution in [-0.2, 0) is 19.2 Å². The number of carbonyl (C=O) groups is 5. The highest BCUT2D eigenvalue weighted by molar-refractivity contribution is 5.92. The number of hydrogen-bond donors (Lipinski definition) is 5. The van der Waals surface area contributed by atoms with E-state index in [0.29, 0.717) is 31.6 Å². The molecule has 1 saturated carbocycles. The van der Waals surface area contributed by atoms with Crippen molar-refractivity contribution in [2.75, 3.05) is 6.54 Å². The van der Waals surface area contributed by atoms with Crippen LogP contribution in [0.2, 0.25) is 0 Å². The topological polar surface area (TPSA) is 154 Å². The molecule has 4 amide bonds. The second-order valence-electron chi connectivity index (χ2n) is 9.25. The van der Waals surface area contributed by atoms with Crippen molar-refractivity contribution >= 4 is 30.1 Å². The number of rotatable bonds is 10. The normalized spacial score (nSPS) is 21.7. The molecule has 30 heavy (non-hydrogen) atoms. The smallest absolute Gasteiger partial charge is 0.405 e. The van der Waals surface area contributed by atoms with Crippen LogP contribution in [0.5, 0.6) is 0 Å². The van der Waals surface area contributed by atoms with Gasteiger partial charge in [-0.3, -0.25) is 14.4 Å². The third kappa shape index (κ3) is 7.00. The average molecular weight is 424 g/mol. The molecule has 0 aromatic rings. The summed E-state index contributed by atoms with van der Waals surface area (Å²) in [5.74, 6) is -1.26. The van der Waals surface area contributed by atoms with Gasteiger partial charge in [-0.05, 0) is 30.6 Å². The minimum absolute atomic E-state index is 0.133. The zero-order chi connectivity index (χ0) is 22.5. The van der Waals surface area contributed by atoms with Gasteiger partial charge in [-0.15, -0.1) is 0 Å². The van der Waals surface area contributed by atoms with Crippen molar-refractivity contribution in [3.63, 3.8) is 0 Å². The van der Waals surface area contributed by atoms with Gasteiger partial charge in [-0.1, -0.05) is 33.6 Å². The van der Waals surface area contributed by atoms with Crippen LogP contribution in [0.15, 0.2) is 0 Å². The summed E-state index contributed by atoms with van der Waals surface area (Å²) in [5, 5.41) is 19.3. The van der Waals surface area contributed by atoms with E-state index in [2.05, 4.69) is 21.3 Å². The third-order valence-electron chi connectivity index (χ3n) is 5.49. The molecule has 2 fully saturated rings. The minimum atomic E-state index is -1.33. The Balaban J connectivity index is 2.04. The Labute approximate surface area is 175 Å². The molecule has 1 aliphatic carbocycles. The van der Waals surface area contributed by atoms with Crippen LogP contribution in [0, 0.1) is 17.3 Å². The molecule has 0 bridgehead atoms. The second-order valence-corrected chi connectivity index (χ2v) is 9.25. The van der Waals surface area contributed by atoms with E-state index in [-0.39, 0.29) is 18.2 Å². The number of aldehydes is 1. The quantitative estimate of drug-likeness (QED) is 0.315. The van der Waals surface area contributed by atoms with Gasteiger partial charge in [0.25, 0.3) is 0 Å². The molecule has 5 N–H and O–H groups in total. The predicted octanol–water partition coefficient (Wildman–Crippen LogP) is 0.164. The summed E-state index contributed by atoms with van der Waals surface area (Å²) in [4.78, 5) is 59.9. The van der Waals surface area contributed by atoms with E-state index in [0.717, 1.165) is 12.8 Å². The predicted molar refractivity (Wildman–Crippen MR) is 107 cm³/mol. The lowest BCUT2D eigenvalue weighted by Crippen LogP contribution is -2.58. The molecule has 1 saturated heterocycles. The van der Waals surface area contributed by atoms with E-state index in [1.807, 2.05) is 0 Å². The average Bonchev–Trinajstić information content (AvgIpc) is 3.38. The molecule has 2 aliphatic rings. The van der Waals surface area contributed by atoms with Crippen molar-refractivity contribution in [3.05, 3.63) is 0 Å². The molecule has 0 unspecified atom stereocenters. The standard InChI is InChI=1S/C20H32N4O6/c1-20(2,3)15(24-19(29)30)18(28)23-14(8-11-4-5-11)17(27)22-13(10-25)9-12-6-7-21-16(12)26/h10-15,24H,4-9H2,1-3H3,(H,21,26)(H,22,27)(H,23,28)(H,29,30)/t12-,13-,14-,15+/m0/s1. The van der Waals surface area contributed by atoms with E-state index in [1.165, 1.54) is 0 Å². The van der Waals surface area contributed by atoms with Crippen LogP contribution in [-0.4, -0.2) is 59.9 Å². The number of hydrogen-bond acceptors (Lipinski definition) is 5. The first-order valence-corrected chi connectivity index (χ1v) is 10.3. The van der Waals surface area contributed by atoms with Crippen molar-refractivity contribution in [1.82, 2.24) is 21.3 Å². The number of nitrogens with one attached hydrogen (secondary N) is 4. The molecule has 0 aromatic heterocycles. The van der Waals surface area contributed by atoms with Crippen LogP contribution in [0.4, 0.5) is 4.79 Å². The summed E-state index contributed by atoms with van der Waals surface area (Å²) in [6.07, 6.45) is 2.40. The molecule has 0 spiro atoms. The molecular formula is C20H32N4O6. The maximum atomic E-state index is 12.8. The molecule has 2 rings (SSSR count). The molecule has 10 nitrogen and oxygen atoms in total. The van der Waals surface area contributed by atoms with Crippen molar-refractivity contribution in [2.24, 2.45) is 17.3 Å². The van der Waals surface area contributed by atoms with Crippen molar-refractivity contribution in [1.29, 1.82) is 0 Å². The van der Waals surface area contributed by atoms with Gasteiger partial charge >= 0.3 is 6.09 Å². The van der Waals surface area contributed by atoms with E-state index in [9.17, 15) is 24.0 Å². The summed E-state index contributed by atoms with van der Waals surface area (Å²) < 4.78 is 0. The van der Waals surface area contributed by atoms with Crippen molar-refractivity contribution in [3.8, 4) is 0 Å². The number of carboxylic acid groups (broad SMARTS) is 1. The van der Waals surface area contributed by atoms with Gasteiger partial charge in [0.2, 0.25) is 17.7 Å². The van der Waals surface area contributed by atoms with Crippen LogP contribution in [0.3, 0.4) is 0 Å². The monoisotopic (exact) mass is 424 g/mol. The van der Waals surface area contributed by atoms with E-state index < -0.39 is 41.4 Å². The zero-order valence-electron chi connectivity index (χ0n) is 17.7. The lowest BCUT2D eigenvalue weighted by atomic mass is 9.86. The fraction of sp³-hybridized carbons (Fsp3) is 0.750. The Bertz CT molecular complexity index is 685. The van der Waals surface area contributed by atoms with Crippen LogP contribution in [0.1, 0.15) is 52.9 Å². The SMILES string of the molecule is CC(C)(C)[C@H](NC(=O)O)C(=O)N[C@@H](CC1CC1)C(=O)N[C@H](C=O)C[C@@H]1CCNC1=O. The summed E-state index contributed by atoms with van der Waals surface area (Å²) >= 11 is 0. The lowest BCUT2D eigenvalue weighted by Gasteiger charge is -2.31. The van der Waals surface area contributed by atoms with Gasteiger partial charge < -0.3 is 31.2 Å². The Morgan fingerprint density at radius 3 is 2.23 bits per heavy atom. The maximum Gasteiger partial charge on any atom is 0.405 e. The maximum absolute atomic E-state index is 12.8. The zero-order valence-corrected chi connectivity index (χ0v) is 17.7. The lowest BCUT2D eigenvalue weighted by molar-refractivity contribution is -0.132. The minimum Gasteiger partial charge on any atom is -0.465 e. The molecule has 1 aliphatic heterocycles. The first kappa shape index (κ1) is 23.6. The number of carbonyl (C=O) groups excluding carboxylic acids is 4. The highest BCUT2D eigenvalue weighted by Gasteiger charge is 2.37. The van der Waals surface area contributed by atoms with Gasteiger partial charge in [0.1, 0.15) is 18.4 Å². The third-order valence-corrected chi connectivity index (χ3v) is 5.49. The van der Waals surface area contributed by atoms with Gasteiger partial charge in [0.05, 0.1) is 6.04 Å². The molecule has 4 atom stereocenters. The van der Waals surface area contributed by atoms with Crippen LogP contribution in [0.25, 0.3) is 0 Å². The van der Waals surface area contributed by atoms with E-state index in [4.69, 9.17) is 5.11 Å². The van der Waals surface area contributed by atoms with Crippen molar-refractivity contribution in [2.45, 2.75) is 71.0 Å². The highest BCUT2D eigenvalue weighted by atomic mass is 16.4. The van der Waals surface area contributed by atoms with Gasteiger partial charge in [-0.25, -0.2) is 4.79 Å². The summed E-state index contributed by atoms with van der Waals surface area (Å²) in [6, 6.07) is -2.76. The number of amides is 4. The molecule has 0 aromatic carbocycles. The molecular weight excluding hydrogens is 392 g/mol. The van der Waals surface area contributed by atoms with Gasteiger partial charge in [-0.2, -0.15) is 0 Å². The Hall–Kier alpha value is -2.65. The Morgan fingerprint density at radius 2 is 1.77 bits per heavy atom. The van der Waals surface area contributed by atoms with Crippen molar-refractivity contribution < 1.29 is 29.1 Å². The Kier molecular flexibility index (Phi) is 7.80. The fourth-order valence-electron chi connectivity index (χ4n) is 3.58. The highest BCUT2D eigenvalue weighted by Crippen LogP contribution is 2.33. The van der Waals surface area contributed by atoms with E-state index >= 15 is 0 Å². The van der Waals surface area contributed by atoms with Gasteiger partial charge in [0, 0.05) is 12.5 Å². The second kappa shape index (κ2) is 9.90. The van der Waals surface area contributed by atoms with Gasteiger partial charge in [0.15, 0.2) is 0 Å². The van der Waals surface area contributed by atoms with Crippen LogP contribution < -0.4 is 21.3 Å². The first-order chi connectivity index (χ1) is 14.0. The molecule has 10 heteroatoms. The summed E-state index contributed by atoms with van der Waals surface area (Å²) in [5.41, 5.74) is -0.704. The largest absolute Gasteiger partial charge is 0.465 e. The summed E-state index contributed by atoms with van der Waals surface area (Å²) in [7, 11) is 0. The van der Waals surface area contributed by atoms with E-state index in [1.54, 1.807) is 20.8 Å². The molecule has 0 radical (unpaired) electrons. The Morgan fingerprint density at radius 1 is 1.10 bits per heavy atom. The first-order valence-electron chi connectivity index (χ1n) is 10.3.